The number of carbonyl (C=O) groups excluding carboxylic acids is 7. The van der Waals surface area contributed by atoms with Gasteiger partial charge in [-0.25, -0.2) is 0 Å². The Kier molecular flexibility index (Phi) is 19.8. The second-order valence-electron chi connectivity index (χ2n) is 6.15. The summed E-state index contributed by atoms with van der Waals surface area (Å²) >= 11 is -9.82. The van der Waals surface area contributed by atoms with Gasteiger partial charge in [-0.3, -0.25) is 0 Å². The number of rotatable bonds is 7. The van der Waals surface area contributed by atoms with Gasteiger partial charge in [0.1, 0.15) is 0 Å². The Morgan fingerprint density at radius 1 is 0.486 bits per heavy atom. The first-order valence-electron chi connectivity index (χ1n) is 9.38. The van der Waals surface area contributed by atoms with E-state index in [1.807, 2.05) is 0 Å². The average molecular weight is 903 g/mol. The van der Waals surface area contributed by atoms with Gasteiger partial charge in [0, 0.05) is 0 Å². The Hall–Kier alpha value is -1.88. The monoisotopic (exact) mass is 904 g/mol. The summed E-state index contributed by atoms with van der Waals surface area (Å²) in [6, 6.07) is 0. The van der Waals surface area contributed by atoms with Crippen LogP contribution in [0.4, 0.5) is 0 Å². The van der Waals surface area contributed by atoms with Crippen LogP contribution >= 0.6 is 0 Å². The van der Waals surface area contributed by atoms with E-state index in [9.17, 15) is 33.6 Å². The molecular weight excluding hydrogens is 873 g/mol. The van der Waals surface area contributed by atoms with Crippen LogP contribution in [0.15, 0.2) is 0 Å². The topological polar surface area (TPSA) is 225 Å². The van der Waals surface area contributed by atoms with E-state index in [0.29, 0.717) is 0 Å². The van der Waals surface area contributed by atoms with Gasteiger partial charge < -0.3 is 10.0 Å². The summed E-state index contributed by atoms with van der Waals surface area (Å²) in [5.41, 5.74) is 0. The quantitative estimate of drug-likeness (QED) is 0.293. The maximum absolute atomic E-state index is 10.9. The molecule has 0 amide bonds. The Labute approximate surface area is 215 Å². The summed E-state index contributed by atoms with van der Waals surface area (Å²) < 4.78 is 34.1. The van der Waals surface area contributed by atoms with E-state index in [4.69, 9.17) is 18.1 Å². The van der Waals surface area contributed by atoms with Crippen molar-refractivity contribution >= 4 is 94.4 Å². The normalized spacial score (nSPS) is 9.80. The molecule has 0 unspecified atom stereocenters. The molecule has 35 heavy (non-hydrogen) atoms. The molecule has 0 aromatic rings. The van der Waals surface area contributed by atoms with Crippen molar-refractivity contribution in [2.45, 2.75) is 59.8 Å². The molecule has 0 aromatic heterocycles. The fourth-order valence-electron chi connectivity index (χ4n) is 1.67. The molecule has 0 saturated carbocycles. The van der Waals surface area contributed by atoms with Crippen LogP contribution < -0.4 is 0 Å². The number of hydrogen-bond acceptors (Lipinski definition) is 16. The summed E-state index contributed by atoms with van der Waals surface area (Å²) in [5, 5.41) is 15.2. The summed E-state index contributed by atoms with van der Waals surface area (Å²) in [5.74, 6) is -5.40. The fraction of sp³-hybridized carbons (Fsp3) is 0.562. The number of hydrogen-bond donors (Lipinski definition) is 2. The average Bonchev–Trinajstić information content (AvgIpc) is 2.47. The van der Waals surface area contributed by atoms with Crippen molar-refractivity contribution in [2.24, 2.45) is 0 Å². The summed E-state index contributed by atoms with van der Waals surface area (Å²) in [6.45, 7) is 8.77. The maximum atomic E-state index is 10.9. The zero-order chi connectivity index (χ0) is 28.6. The predicted octanol–water partition coefficient (Wildman–Crippen LogP) is -0.992. The van der Waals surface area contributed by atoms with E-state index >= 15 is 0 Å². The van der Waals surface area contributed by atoms with Gasteiger partial charge in [-0.2, -0.15) is 0 Å². The molecule has 19 heteroatoms. The molecule has 16 nitrogen and oxygen atoms in total. The van der Waals surface area contributed by atoms with Crippen LogP contribution in [0, 0.1) is 0 Å². The molecule has 0 saturated heterocycles. The SMILES string of the molecule is CB(O)O.CC(=O)[O][Pb]([CH3])([O]C(C)=O)[O]C(C)=O.CC(=O)[O][Pb]([O]C(C)=O)([O]C(C)=O)[O]C(C)=O. The van der Waals surface area contributed by atoms with Crippen molar-refractivity contribution in [1.29, 1.82) is 0 Å². The number of carbonyl (C=O) groups is 7. The predicted molar refractivity (Wildman–Crippen MR) is 116 cm³/mol. The van der Waals surface area contributed by atoms with Gasteiger partial charge in [-0.15, -0.1) is 0 Å². The first kappa shape index (κ1) is 37.7. The molecule has 0 radical (unpaired) electrons. The second-order valence-corrected chi connectivity index (χ2v) is 22.3. The van der Waals surface area contributed by atoms with Gasteiger partial charge in [0.25, 0.3) is 0 Å². The first-order chi connectivity index (χ1) is 15.6. The molecule has 0 aliphatic rings. The minimum atomic E-state index is -5.43. The molecule has 0 aliphatic carbocycles. The third-order valence-corrected chi connectivity index (χ3v) is 18.1. The standard InChI is InChI=1S/7C2H4O2.CH5BO2.CH3.2Pb/c8*1-2(3)4;;;/h7*1H3,(H,3,4);3-4H,1H3;1H3;;/q;;;;;;;;;+3;+4/p-7. The van der Waals surface area contributed by atoms with Crippen LogP contribution in [0.25, 0.3) is 0 Å². The molecule has 0 fully saturated rings. The van der Waals surface area contributed by atoms with E-state index in [1.54, 1.807) is 0 Å². The van der Waals surface area contributed by atoms with Crippen LogP contribution in [0.3, 0.4) is 0 Å². The summed E-state index contributed by atoms with van der Waals surface area (Å²) in [7, 11) is -1.17. The van der Waals surface area contributed by atoms with E-state index in [0.717, 1.165) is 48.5 Å². The molecule has 0 heterocycles. The van der Waals surface area contributed by atoms with Gasteiger partial charge in [-0.1, -0.05) is 0 Å². The summed E-state index contributed by atoms with van der Waals surface area (Å²) in [4.78, 5) is 75.5. The van der Waals surface area contributed by atoms with Crippen molar-refractivity contribution in [3.63, 3.8) is 0 Å². The van der Waals surface area contributed by atoms with Gasteiger partial charge in [0.05, 0.1) is 0 Å². The van der Waals surface area contributed by atoms with Crippen molar-refractivity contribution in [3.05, 3.63) is 0 Å². The Morgan fingerprint density at radius 2 is 0.629 bits per heavy atom. The van der Waals surface area contributed by atoms with Gasteiger partial charge in [0.2, 0.25) is 0 Å². The Bertz CT molecular complexity index is 670. The van der Waals surface area contributed by atoms with Crippen LogP contribution in [-0.4, -0.2) is 104 Å². The van der Waals surface area contributed by atoms with Crippen LogP contribution in [-0.2, 0) is 52.4 Å². The minimum absolute atomic E-state index is 0.628. The van der Waals surface area contributed by atoms with Gasteiger partial charge in [-0.05, 0) is 6.82 Å². The Balaban J connectivity index is -0.000000514. The van der Waals surface area contributed by atoms with Gasteiger partial charge in [0.15, 0.2) is 0 Å². The van der Waals surface area contributed by atoms with E-state index in [1.165, 1.54) is 11.3 Å². The van der Waals surface area contributed by atoms with Crippen LogP contribution in [0.2, 0.25) is 11.3 Å². The van der Waals surface area contributed by atoms with Crippen LogP contribution in [0.1, 0.15) is 48.5 Å². The molecule has 200 valence electrons. The molecule has 0 aliphatic heterocycles. The molecule has 0 rings (SSSR count). The third-order valence-electron chi connectivity index (χ3n) is 2.06. The zero-order valence-electron chi connectivity index (χ0n) is 20.7. The third kappa shape index (κ3) is 26.6. The van der Waals surface area contributed by atoms with Gasteiger partial charge >= 0.3 is 200 Å². The second kappa shape index (κ2) is 18.4. The first-order valence-corrected chi connectivity index (χ1v) is 24.4. The molecule has 0 atom stereocenters. The zero-order valence-corrected chi connectivity index (χ0v) is 28.5. The molecule has 0 aromatic carbocycles. The van der Waals surface area contributed by atoms with Crippen molar-refractivity contribution in [3.8, 4) is 0 Å². The van der Waals surface area contributed by atoms with E-state index < -0.39 is 94.4 Å². The van der Waals surface area contributed by atoms with E-state index in [2.05, 4.69) is 10.7 Å². The Morgan fingerprint density at radius 3 is 0.743 bits per heavy atom. The summed E-state index contributed by atoms with van der Waals surface area (Å²) in [6.07, 6.45) is 0. The van der Waals surface area contributed by atoms with Crippen molar-refractivity contribution in [1.82, 2.24) is 0 Å². The van der Waals surface area contributed by atoms with E-state index in [-0.39, 0.29) is 0 Å². The molecule has 0 bridgehead atoms. The van der Waals surface area contributed by atoms with Crippen molar-refractivity contribution < 1.29 is 62.4 Å². The molecule has 0 spiro atoms. The fourth-order valence-corrected chi connectivity index (χ4v) is 14.7. The molecule has 2 N–H and O–H groups in total. The molecular formula is C16H29BO16Pb2. The van der Waals surface area contributed by atoms with Crippen molar-refractivity contribution in [2.75, 3.05) is 0 Å². The van der Waals surface area contributed by atoms with Crippen LogP contribution in [0.5, 0.6) is 0 Å².